The number of carbonyl (C=O) groups is 1. The molecule has 18 heavy (non-hydrogen) atoms. The normalized spacial score (nSPS) is 14.8. The Morgan fingerprint density at radius 3 is 2.72 bits per heavy atom. The fraction of sp³-hybridized carbons (Fsp3) is 0.267. The molecule has 1 fully saturated rings. The predicted molar refractivity (Wildman–Crippen MR) is 76.6 cm³/mol. The van der Waals surface area contributed by atoms with Gasteiger partial charge in [-0.15, -0.1) is 11.3 Å². The number of ketones is 1. The number of hydrogen-bond acceptors (Lipinski definition) is 2. The lowest BCUT2D eigenvalue weighted by atomic mass is 10.1. The molecule has 1 aromatic carbocycles. The maximum atomic E-state index is 12.0. The third kappa shape index (κ3) is 2.23. The highest BCUT2D eigenvalue weighted by atomic mass is 35.5. The topological polar surface area (TPSA) is 17.1 Å². The van der Waals surface area contributed by atoms with E-state index in [2.05, 4.69) is 0 Å². The van der Waals surface area contributed by atoms with Gasteiger partial charge in [-0.1, -0.05) is 23.7 Å². The van der Waals surface area contributed by atoms with Gasteiger partial charge in [0.25, 0.3) is 0 Å². The fourth-order valence-electron chi connectivity index (χ4n) is 1.98. The van der Waals surface area contributed by atoms with Crippen LogP contribution in [0.3, 0.4) is 0 Å². The molecule has 0 N–H and O–H groups in total. The SMILES string of the molecule is Cc1ccc(-c2ccc(C(=O)C3CC3)s2)c(Cl)c1. The summed E-state index contributed by atoms with van der Waals surface area (Å²) in [5.41, 5.74) is 2.16. The maximum absolute atomic E-state index is 12.0. The van der Waals surface area contributed by atoms with Crippen molar-refractivity contribution >= 4 is 28.7 Å². The van der Waals surface area contributed by atoms with Crippen LogP contribution >= 0.6 is 22.9 Å². The first-order valence-corrected chi connectivity index (χ1v) is 7.25. The van der Waals surface area contributed by atoms with Gasteiger partial charge in [0.1, 0.15) is 0 Å². The molecular formula is C15H13ClOS. The van der Waals surface area contributed by atoms with Crippen LogP contribution < -0.4 is 0 Å². The van der Waals surface area contributed by atoms with Crippen molar-refractivity contribution in [2.24, 2.45) is 5.92 Å². The minimum atomic E-state index is 0.282. The fourth-order valence-corrected chi connectivity index (χ4v) is 3.44. The van der Waals surface area contributed by atoms with Crippen LogP contribution in [0.5, 0.6) is 0 Å². The third-order valence-electron chi connectivity index (χ3n) is 3.19. The summed E-state index contributed by atoms with van der Waals surface area (Å²) in [4.78, 5) is 13.9. The van der Waals surface area contributed by atoms with Crippen LogP contribution in [-0.4, -0.2) is 5.78 Å². The lowest BCUT2D eigenvalue weighted by Gasteiger charge is -2.02. The maximum Gasteiger partial charge on any atom is 0.175 e. The quantitative estimate of drug-likeness (QED) is 0.724. The molecular weight excluding hydrogens is 264 g/mol. The zero-order valence-corrected chi connectivity index (χ0v) is 11.6. The van der Waals surface area contributed by atoms with Crippen LogP contribution in [0.25, 0.3) is 10.4 Å². The molecule has 0 atom stereocenters. The van der Waals surface area contributed by atoms with Crippen molar-refractivity contribution in [2.45, 2.75) is 19.8 Å². The van der Waals surface area contributed by atoms with Gasteiger partial charge in [0.05, 0.1) is 4.88 Å². The minimum absolute atomic E-state index is 0.282. The summed E-state index contributed by atoms with van der Waals surface area (Å²) in [6, 6.07) is 9.95. The molecule has 0 radical (unpaired) electrons. The van der Waals surface area contributed by atoms with E-state index in [4.69, 9.17) is 11.6 Å². The van der Waals surface area contributed by atoms with E-state index in [0.29, 0.717) is 5.78 Å². The molecule has 92 valence electrons. The van der Waals surface area contributed by atoms with E-state index >= 15 is 0 Å². The van der Waals surface area contributed by atoms with Gasteiger partial charge < -0.3 is 0 Å². The van der Waals surface area contributed by atoms with Gasteiger partial charge in [-0.3, -0.25) is 4.79 Å². The first-order chi connectivity index (χ1) is 8.65. The highest BCUT2D eigenvalue weighted by molar-refractivity contribution is 7.17. The average molecular weight is 277 g/mol. The number of thiophene rings is 1. The summed E-state index contributed by atoms with van der Waals surface area (Å²) in [5.74, 6) is 0.583. The predicted octanol–water partition coefficient (Wildman–Crippen LogP) is 4.97. The largest absolute Gasteiger partial charge is 0.293 e. The van der Waals surface area contributed by atoms with Crippen LogP contribution in [0.4, 0.5) is 0 Å². The number of halogens is 1. The minimum Gasteiger partial charge on any atom is -0.293 e. The van der Waals surface area contributed by atoms with Crippen LogP contribution in [0.15, 0.2) is 30.3 Å². The van der Waals surface area contributed by atoms with Gasteiger partial charge >= 0.3 is 0 Å². The third-order valence-corrected chi connectivity index (χ3v) is 4.63. The molecule has 0 amide bonds. The van der Waals surface area contributed by atoms with Crippen molar-refractivity contribution < 1.29 is 4.79 Å². The molecule has 3 rings (SSSR count). The Morgan fingerprint density at radius 1 is 1.28 bits per heavy atom. The van der Waals surface area contributed by atoms with Crippen LogP contribution in [0.2, 0.25) is 5.02 Å². The molecule has 1 aromatic heterocycles. The second-order valence-corrected chi connectivity index (χ2v) is 6.28. The average Bonchev–Trinajstić information content (AvgIpc) is 3.07. The summed E-state index contributed by atoms with van der Waals surface area (Å²) in [5, 5.41) is 0.752. The second kappa shape index (κ2) is 4.52. The summed E-state index contributed by atoms with van der Waals surface area (Å²) in [7, 11) is 0. The number of carbonyl (C=O) groups excluding carboxylic acids is 1. The van der Waals surface area contributed by atoms with E-state index in [9.17, 15) is 4.79 Å². The molecule has 3 heteroatoms. The Labute approximate surface area is 115 Å². The molecule has 1 aliphatic carbocycles. The number of hydrogen-bond donors (Lipinski definition) is 0. The molecule has 1 aliphatic rings. The van der Waals surface area contributed by atoms with E-state index in [1.165, 1.54) is 0 Å². The Balaban J connectivity index is 1.94. The van der Waals surface area contributed by atoms with Crippen molar-refractivity contribution in [1.82, 2.24) is 0 Å². The van der Waals surface area contributed by atoms with Crippen molar-refractivity contribution in [3.63, 3.8) is 0 Å². The van der Waals surface area contributed by atoms with Crippen molar-refractivity contribution in [3.05, 3.63) is 45.8 Å². The monoisotopic (exact) mass is 276 g/mol. The lowest BCUT2D eigenvalue weighted by Crippen LogP contribution is -1.96. The molecule has 1 saturated carbocycles. The van der Waals surface area contributed by atoms with Gasteiger partial charge in [-0.05, 0) is 43.5 Å². The summed E-state index contributed by atoms with van der Waals surface area (Å²) < 4.78 is 0. The van der Waals surface area contributed by atoms with Gasteiger partial charge in [-0.2, -0.15) is 0 Å². The molecule has 2 aromatic rings. The summed E-state index contributed by atoms with van der Waals surface area (Å²) in [6.07, 6.45) is 2.11. The van der Waals surface area contributed by atoms with Crippen LogP contribution in [0, 0.1) is 12.8 Å². The van der Waals surface area contributed by atoms with Gasteiger partial charge in [-0.25, -0.2) is 0 Å². The van der Waals surface area contributed by atoms with Crippen LogP contribution in [0.1, 0.15) is 28.1 Å². The van der Waals surface area contributed by atoms with Gasteiger partial charge in [0.15, 0.2) is 5.78 Å². The number of rotatable bonds is 3. The molecule has 0 saturated heterocycles. The second-order valence-electron chi connectivity index (χ2n) is 4.79. The molecule has 0 bridgehead atoms. The standard InChI is InChI=1S/C15H13ClOS/c1-9-2-5-11(12(16)8-9)13-6-7-14(18-13)15(17)10-3-4-10/h2,5-8,10H,3-4H2,1H3. The van der Waals surface area contributed by atoms with E-state index < -0.39 is 0 Å². The zero-order chi connectivity index (χ0) is 12.7. The zero-order valence-electron chi connectivity index (χ0n) is 10.1. The van der Waals surface area contributed by atoms with E-state index in [1.54, 1.807) is 11.3 Å². The number of aryl methyl sites for hydroxylation is 1. The first kappa shape index (κ1) is 11.9. The summed E-state index contributed by atoms with van der Waals surface area (Å²) >= 11 is 7.80. The highest BCUT2D eigenvalue weighted by Gasteiger charge is 2.31. The number of benzene rings is 1. The van der Waals surface area contributed by atoms with E-state index in [-0.39, 0.29) is 5.92 Å². The van der Waals surface area contributed by atoms with Gasteiger partial charge in [0, 0.05) is 21.4 Å². The number of Topliss-reactive ketones (excluding diaryl/α,β-unsaturated/α-hetero) is 1. The van der Waals surface area contributed by atoms with E-state index in [1.807, 2.05) is 37.3 Å². The molecule has 0 unspecified atom stereocenters. The van der Waals surface area contributed by atoms with Crippen molar-refractivity contribution in [1.29, 1.82) is 0 Å². The smallest absolute Gasteiger partial charge is 0.175 e. The summed E-state index contributed by atoms with van der Waals surface area (Å²) in [6.45, 7) is 2.02. The Hall–Kier alpha value is -1.12. The molecule has 0 aliphatic heterocycles. The lowest BCUT2D eigenvalue weighted by molar-refractivity contribution is 0.0971. The molecule has 0 spiro atoms. The molecule has 1 heterocycles. The Morgan fingerprint density at radius 2 is 2.06 bits per heavy atom. The first-order valence-electron chi connectivity index (χ1n) is 6.06. The Bertz CT molecular complexity index is 611. The van der Waals surface area contributed by atoms with E-state index in [0.717, 1.165) is 38.7 Å². The van der Waals surface area contributed by atoms with Crippen molar-refractivity contribution in [3.8, 4) is 10.4 Å². The Kier molecular flexibility index (Phi) is 3.00. The molecule has 1 nitrogen and oxygen atoms in total. The highest BCUT2D eigenvalue weighted by Crippen LogP contribution is 2.38. The van der Waals surface area contributed by atoms with Crippen molar-refractivity contribution in [2.75, 3.05) is 0 Å². The van der Waals surface area contributed by atoms with Gasteiger partial charge in [0.2, 0.25) is 0 Å². The van der Waals surface area contributed by atoms with Crippen LogP contribution in [-0.2, 0) is 0 Å².